The molecule has 2 saturated carbocycles. The van der Waals surface area contributed by atoms with E-state index in [2.05, 4.69) is 47.4 Å². The zero-order valence-corrected chi connectivity index (χ0v) is 21.9. The summed E-state index contributed by atoms with van der Waals surface area (Å²) in [7, 11) is 0.926. The van der Waals surface area contributed by atoms with Crippen molar-refractivity contribution in [3.8, 4) is 11.5 Å². The van der Waals surface area contributed by atoms with Crippen molar-refractivity contribution < 1.29 is 14.4 Å². The second-order valence-electron chi connectivity index (χ2n) is 10.1. The molecule has 2 aliphatic carbocycles. The molecule has 0 amide bonds. The van der Waals surface area contributed by atoms with Crippen LogP contribution in [0.15, 0.2) is 42.5 Å². The maximum Gasteiger partial charge on any atom is 0.119 e. The van der Waals surface area contributed by atoms with E-state index in [-0.39, 0.29) is 0 Å². The molecule has 3 aliphatic rings. The van der Waals surface area contributed by atoms with Crippen LogP contribution >= 0.6 is 8.15 Å². The molecule has 1 atom stereocenters. The Kier molecular flexibility index (Phi) is 9.53. The molecule has 2 aromatic rings. The molecule has 1 aliphatic heterocycles. The SMILES string of the molecule is C1CC1.COc1ccc(N2CCC2)c(C2CCC(COc3cccc(CCP(C)O)c3)CC2)c1. The molecule has 0 radical (unpaired) electrons. The van der Waals surface area contributed by atoms with Gasteiger partial charge in [-0.25, -0.2) is 0 Å². The number of benzene rings is 2. The summed E-state index contributed by atoms with van der Waals surface area (Å²) in [6.45, 7) is 5.07. The minimum Gasteiger partial charge on any atom is -0.497 e. The second-order valence-corrected chi connectivity index (χ2v) is 11.9. The lowest BCUT2D eigenvalue weighted by Crippen LogP contribution is -2.38. The first kappa shape index (κ1) is 25.3. The van der Waals surface area contributed by atoms with E-state index in [1.165, 1.54) is 81.3 Å². The number of hydrogen-bond acceptors (Lipinski definition) is 4. The van der Waals surface area contributed by atoms with Crippen LogP contribution in [0.4, 0.5) is 5.69 Å². The van der Waals surface area contributed by atoms with Crippen LogP contribution in [-0.2, 0) is 6.42 Å². The molecule has 1 unspecified atom stereocenters. The van der Waals surface area contributed by atoms with Gasteiger partial charge in [-0.05, 0) is 105 Å². The van der Waals surface area contributed by atoms with Gasteiger partial charge in [0, 0.05) is 26.9 Å². The average Bonchev–Trinajstić information content (AvgIpc) is 3.71. The summed E-state index contributed by atoms with van der Waals surface area (Å²) in [5.74, 6) is 3.18. The summed E-state index contributed by atoms with van der Waals surface area (Å²) < 4.78 is 11.7. The first-order chi connectivity index (χ1) is 16.6. The fourth-order valence-electron chi connectivity index (χ4n) is 4.77. The van der Waals surface area contributed by atoms with Gasteiger partial charge in [0.05, 0.1) is 13.7 Å². The molecule has 0 aromatic heterocycles. The van der Waals surface area contributed by atoms with Crippen molar-refractivity contribution >= 4 is 13.8 Å². The lowest BCUT2D eigenvalue weighted by Gasteiger charge is -2.38. The summed E-state index contributed by atoms with van der Waals surface area (Å²) in [4.78, 5) is 12.1. The van der Waals surface area contributed by atoms with Gasteiger partial charge in [-0.2, -0.15) is 0 Å². The Bertz CT molecular complexity index is 886. The van der Waals surface area contributed by atoms with Crippen LogP contribution in [0.3, 0.4) is 0 Å². The molecule has 3 fully saturated rings. The van der Waals surface area contributed by atoms with E-state index in [0.29, 0.717) is 11.8 Å². The normalized spacial score (nSPS) is 22.1. The Morgan fingerprint density at radius 1 is 0.941 bits per heavy atom. The Morgan fingerprint density at radius 3 is 2.32 bits per heavy atom. The van der Waals surface area contributed by atoms with Gasteiger partial charge in [0.1, 0.15) is 11.5 Å². The quantitative estimate of drug-likeness (QED) is 0.390. The minimum absolute atomic E-state index is 0.618. The molecular formula is C29H42NO3P. The van der Waals surface area contributed by atoms with Crippen molar-refractivity contribution in [2.24, 2.45) is 5.92 Å². The molecule has 4 nitrogen and oxygen atoms in total. The highest BCUT2D eigenvalue weighted by atomic mass is 31.1. The van der Waals surface area contributed by atoms with E-state index in [1.807, 2.05) is 6.66 Å². The van der Waals surface area contributed by atoms with Gasteiger partial charge in [0.2, 0.25) is 0 Å². The summed E-state index contributed by atoms with van der Waals surface area (Å²) in [6.07, 6.45) is 12.4. The fraction of sp³-hybridized carbons (Fsp3) is 0.586. The third-order valence-electron chi connectivity index (χ3n) is 7.18. The average molecular weight is 484 g/mol. The molecule has 0 spiro atoms. The Hall–Kier alpha value is -1.77. The monoisotopic (exact) mass is 483 g/mol. The summed E-state index contributed by atoms with van der Waals surface area (Å²) in [5, 5.41) is 0. The largest absolute Gasteiger partial charge is 0.497 e. The van der Waals surface area contributed by atoms with Crippen molar-refractivity contribution in [1.82, 2.24) is 0 Å². The molecular weight excluding hydrogens is 441 g/mol. The van der Waals surface area contributed by atoms with Gasteiger partial charge in [-0.1, -0.05) is 31.4 Å². The minimum atomic E-state index is -0.835. The molecule has 34 heavy (non-hydrogen) atoms. The molecule has 186 valence electrons. The summed E-state index contributed by atoms with van der Waals surface area (Å²) in [5.41, 5.74) is 4.15. The topological polar surface area (TPSA) is 41.9 Å². The third-order valence-corrected chi connectivity index (χ3v) is 8.05. The zero-order valence-electron chi connectivity index (χ0n) is 21.0. The van der Waals surface area contributed by atoms with E-state index in [9.17, 15) is 4.89 Å². The highest BCUT2D eigenvalue weighted by Crippen LogP contribution is 2.42. The van der Waals surface area contributed by atoms with Gasteiger partial charge in [0.25, 0.3) is 0 Å². The first-order valence-electron chi connectivity index (χ1n) is 13.2. The number of anilines is 1. The number of hydrogen-bond donors (Lipinski definition) is 1. The van der Waals surface area contributed by atoms with Gasteiger partial charge >= 0.3 is 0 Å². The second kappa shape index (κ2) is 12.8. The highest BCUT2D eigenvalue weighted by Gasteiger charge is 2.27. The maximum absolute atomic E-state index is 9.58. The number of ether oxygens (including phenoxy) is 2. The van der Waals surface area contributed by atoms with E-state index in [0.717, 1.165) is 30.7 Å². The molecule has 5 heteroatoms. The van der Waals surface area contributed by atoms with Crippen molar-refractivity contribution in [1.29, 1.82) is 0 Å². The van der Waals surface area contributed by atoms with E-state index >= 15 is 0 Å². The van der Waals surface area contributed by atoms with Crippen LogP contribution in [-0.4, -0.2) is 44.5 Å². The van der Waals surface area contributed by atoms with Gasteiger partial charge < -0.3 is 19.3 Å². The predicted molar refractivity (Wildman–Crippen MR) is 144 cm³/mol. The lowest BCUT2D eigenvalue weighted by molar-refractivity contribution is 0.200. The van der Waals surface area contributed by atoms with Crippen LogP contribution in [0.2, 0.25) is 0 Å². The van der Waals surface area contributed by atoms with E-state index in [4.69, 9.17) is 9.47 Å². The van der Waals surface area contributed by atoms with Crippen LogP contribution in [0.25, 0.3) is 0 Å². The van der Waals surface area contributed by atoms with Crippen molar-refractivity contribution in [2.45, 2.75) is 63.7 Å². The van der Waals surface area contributed by atoms with Crippen LogP contribution < -0.4 is 14.4 Å². The number of aryl methyl sites for hydroxylation is 1. The van der Waals surface area contributed by atoms with E-state index in [1.54, 1.807) is 7.11 Å². The van der Waals surface area contributed by atoms with Crippen molar-refractivity contribution in [3.63, 3.8) is 0 Å². The fourth-order valence-corrected chi connectivity index (χ4v) is 5.35. The third kappa shape index (κ3) is 7.62. The highest BCUT2D eigenvalue weighted by molar-refractivity contribution is 7.50. The van der Waals surface area contributed by atoms with Gasteiger partial charge in [-0.15, -0.1) is 0 Å². The molecule has 2 aromatic carbocycles. The number of nitrogens with zero attached hydrogens (tertiary/aromatic N) is 1. The van der Waals surface area contributed by atoms with Gasteiger partial charge in [0.15, 0.2) is 0 Å². The van der Waals surface area contributed by atoms with Gasteiger partial charge in [-0.3, -0.25) is 0 Å². The summed E-state index contributed by atoms with van der Waals surface area (Å²) in [6, 6.07) is 15.0. The molecule has 5 rings (SSSR count). The maximum atomic E-state index is 9.58. The molecule has 0 bridgehead atoms. The van der Waals surface area contributed by atoms with Crippen LogP contribution in [0, 0.1) is 5.92 Å². The number of rotatable bonds is 9. The summed E-state index contributed by atoms with van der Waals surface area (Å²) >= 11 is 0. The Labute approximate surface area is 207 Å². The first-order valence-corrected chi connectivity index (χ1v) is 15.1. The molecule has 1 N–H and O–H groups in total. The zero-order chi connectivity index (χ0) is 23.8. The Balaban J connectivity index is 0.000000846. The van der Waals surface area contributed by atoms with Crippen molar-refractivity contribution in [2.75, 3.05) is 44.5 Å². The van der Waals surface area contributed by atoms with E-state index < -0.39 is 8.15 Å². The standard InChI is InChI=1S/C26H36NO3P.C3H6/c1-29-23-11-12-26(27-14-4-15-27)25(18-23)22-9-7-21(8-10-22)19-30-24-6-3-5-20(17-24)13-16-31(2)28;1-2-3-1/h3,5-6,11-12,17-18,21-22,28H,4,7-10,13-16,19H2,1-2H3;1-3H2. The smallest absolute Gasteiger partial charge is 0.119 e. The Morgan fingerprint density at radius 2 is 1.71 bits per heavy atom. The molecule has 1 saturated heterocycles. The van der Waals surface area contributed by atoms with Crippen LogP contribution in [0.1, 0.15) is 68.4 Å². The molecule has 1 heterocycles. The van der Waals surface area contributed by atoms with Crippen LogP contribution in [0.5, 0.6) is 11.5 Å². The van der Waals surface area contributed by atoms with Crippen molar-refractivity contribution in [3.05, 3.63) is 53.6 Å². The number of methoxy groups -OCH3 is 1. The predicted octanol–water partition coefficient (Wildman–Crippen LogP) is 6.99. The lowest BCUT2D eigenvalue weighted by atomic mass is 9.78.